The van der Waals surface area contributed by atoms with Gasteiger partial charge in [0.25, 0.3) is 0 Å². The van der Waals surface area contributed by atoms with Crippen molar-refractivity contribution in [2.45, 2.75) is 25.1 Å². The Kier molecular flexibility index (Phi) is 5.77. The van der Waals surface area contributed by atoms with Crippen molar-refractivity contribution < 1.29 is 22.7 Å². The molecule has 3 nitrogen and oxygen atoms in total. The lowest BCUT2D eigenvalue weighted by atomic mass is 9.94. The Morgan fingerprint density at radius 1 is 1.23 bits per heavy atom. The van der Waals surface area contributed by atoms with Gasteiger partial charge in [0.15, 0.2) is 0 Å². The lowest BCUT2D eigenvalue weighted by Gasteiger charge is -2.36. The second-order valence-corrected chi connectivity index (χ2v) is 5.40. The van der Waals surface area contributed by atoms with E-state index in [1.807, 2.05) is 4.90 Å². The fourth-order valence-corrected chi connectivity index (χ4v) is 2.88. The molecule has 1 aromatic carbocycles. The van der Waals surface area contributed by atoms with E-state index in [1.54, 1.807) is 0 Å². The Morgan fingerprint density at radius 3 is 2.50 bits per heavy atom. The third-order valence-corrected chi connectivity index (χ3v) is 3.91. The number of nitrogens with one attached hydrogen (secondary N) is 1. The molecule has 0 saturated carbocycles. The Morgan fingerprint density at radius 2 is 1.91 bits per heavy atom. The summed E-state index contributed by atoms with van der Waals surface area (Å²) in [5, 5.41) is 12.2. The number of aliphatic hydroxyl groups is 1. The van der Waals surface area contributed by atoms with E-state index in [9.17, 15) is 17.6 Å². The van der Waals surface area contributed by atoms with Crippen LogP contribution in [0, 0.1) is 5.82 Å². The minimum absolute atomic E-state index is 0.0390. The average molecular weight is 320 g/mol. The Balaban J connectivity index is 2.38. The van der Waals surface area contributed by atoms with E-state index in [1.165, 1.54) is 0 Å². The summed E-state index contributed by atoms with van der Waals surface area (Å²) in [5.74, 6) is -0.674. The van der Waals surface area contributed by atoms with Gasteiger partial charge in [-0.2, -0.15) is 13.2 Å². The number of nitrogens with zero attached hydrogens (tertiary/aromatic N) is 1. The van der Waals surface area contributed by atoms with Crippen molar-refractivity contribution in [2.24, 2.45) is 0 Å². The molecule has 1 saturated heterocycles. The van der Waals surface area contributed by atoms with E-state index in [0.29, 0.717) is 39.0 Å². The highest BCUT2D eigenvalue weighted by atomic mass is 19.4. The van der Waals surface area contributed by atoms with Crippen LogP contribution in [0.1, 0.15) is 30.0 Å². The molecule has 0 amide bonds. The van der Waals surface area contributed by atoms with E-state index < -0.39 is 23.6 Å². The summed E-state index contributed by atoms with van der Waals surface area (Å²) in [6, 6.07) is 2.08. The first-order chi connectivity index (χ1) is 10.4. The Bertz CT molecular complexity index is 487. The predicted octanol–water partition coefficient (Wildman–Crippen LogP) is 2.56. The maximum Gasteiger partial charge on any atom is 0.416 e. The van der Waals surface area contributed by atoms with Crippen molar-refractivity contribution in [3.05, 3.63) is 35.1 Å². The van der Waals surface area contributed by atoms with Gasteiger partial charge in [-0.05, 0) is 36.6 Å². The molecule has 0 aliphatic carbocycles. The Hall–Kier alpha value is -1.18. The predicted molar refractivity (Wildman–Crippen MR) is 74.9 cm³/mol. The van der Waals surface area contributed by atoms with E-state index in [-0.39, 0.29) is 12.2 Å². The molecule has 1 aromatic rings. The molecule has 124 valence electrons. The molecule has 0 bridgehead atoms. The van der Waals surface area contributed by atoms with Crippen LogP contribution in [-0.2, 0) is 6.18 Å². The van der Waals surface area contributed by atoms with Gasteiger partial charge in [0.05, 0.1) is 5.56 Å². The van der Waals surface area contributed by atoms with Crippen LogP contribution in [0.15, 0.2) is 18.2 Å². The topological polar surface area (TPSA) is 35.5 Å². The summed E-state index contributed by atoms with van der Waals surface area (Å²) in [6.45, 7) is 2.48. The summed E-state index contributed by atoms with van der Waals surface area (Å²) >= 11 is 0. The number of rotatable bonds is 5. The maximum absolute atomic E-state index is 13.5. The van der Waals surface area contributed by atoms with Gasteiger partial charge in [0.1, 0.15) is 5.82 Å². The monoisotopic (exact) mass is 320 g/mol. The first-order valence-corrected chi connectivity index (χ1v) is 7.35. The first kappa shape index (κ1) is 17.2. The highest BCUT2D eigenvalue weighted by molar-refractivity contribution is 5.33. The van der Waals surface area contributed by atoms with Crippen LogP contribution in [0.4, 0.5) is 17.6 Å². The molecule has 2 rings (SSSR count). The van der Waals surface area contributed by atoms with Gasteiger partial charge in [0, 0.05) is 38.8 Å². The molecular weight excluding hydrogens is 300 g/mol. The molecule has 1 heterocycles. The molecule has 0 aromatic heterocycles. The quantitative estimate of drug-likeness (QED) is 0.819. The van der Waals surface area contributed by atoms with Gasteiger partial charge in [0.2, 0.25) is 0 Å². The van der Waals surface area contributed by atoms with Crippen molar-refractivity contribution in [3.63, 3.8) is 0 Å². The van der Waals surface area contributed by atoms with E-state index >= 15 is 0 Å². The van der Waals surface area contributed by atoms with Gasteiger partial charge in [-0.25, -0.2) is 4.39 Å². The van der Waals surface area contributed by atoms with Crippen LogP contribution in [-0.4, -0.2) is 42.8 Å². The number of piperazine rings is 1. The zero-order chi connectivity index (χ0) is 16.2. The fraction of sp³-hybridized carbons (Fsp3) is 0.600. The second kappa shape index (κ2) is 7.39. The number of benzene rings is 1. The molecule has 1 atom stereocenters. The third-order valence-electron chi connectivity index (χ3n) is 3.91. The van der Waals surface area contributed by atoms with E-state index in [4.69, 9.17) is 5.11 Å². The lowest BCUT2D eigenvalue weighted by Crippen LogP contribution is -2.45. The number of halogens is 4. The van der Waals surface area contributed by atoms with Crippen molar-refractivity contribution in [1.82, 2.24) is 10.2 Å². The van der Waals surface area contributed by atoms with Crippen LogP contribution in [0.2, 0.25) is 0 Å². The first-order valence-electron chi connectivity index (χ1n) is 7.35. The van der Waals surface area contributed by atoms with E-state index in [0.717, 1.165) is 18.2 Å². The van der Waals surface area contributed by atoms with Gasteiger partial charge in [-0.1, -0.05) is 0 Å². The summed E-state index contributed by atoms with van der Waals surface area (Å²) in [7, 11) is 0. The summed E-state index contributed by atoms with van der Waals surface area (Å²) in [6.07, 6.45) is -3.78. The maximum atomic E-state index is 13.5. The number of hydrogen-bond acceptors (Lipinski definition) is 3. The van der Waals surface area contributed by atoms with Gasteiger partial charge >= 0.3 is 6.18 Å². The number of alkyl halides is 3. The molecule has 7 heteroatoms. The highest BCUT2D eigenvalue weighted by Crippen LogP contribution is 2.38. The number of hydrogen-bond donors (Lipinski definition) is 2. The van der Waals surface area contributed by atoms with Gasteiger partial charge < -0.3 is 10.4 Å². The van der Waals surface area contributed by atoms with E-state index in [2.05, 4.69) is 5.32 Å². The number of aliphatic hydroxyl groups excluding tert-OH is 1. The van der Waals surface area contributed by atoms with Crippen molar-refractivity contribution >= 4 is 0 Å². The summed E-state index contributed by atoms with van der Waals surface area (Å²) in [5.41, 5.74) is -0.835. The standard InChI is InChI=1S/C15H20F4N2O/c16-11-3-4-13(15(17,18)19)12(10-11)14(2-1-9-22)21-7-5-20-6-8-21/h3-4,10,14,20,22H,1-2,5-9H2/t14-/m0/s1. The normalized spacial score (nSPS) is 18.4. The van der Waals surface area contributed by atoms with Crippen molar-refractivity contribution in [2.75, 3.05) is 32.8 Å². The summed E-state index contributed by atoms with van der Waals surface area (Å²) < 4.78 is 53.2. The zero-order valence-electron chi connectivity index (χ0n) is 12.2. The zero-order valence-corrected chi connectivity index (χ0v) is 12.2. The summed E-state index contributed by atoms with van der Waals surface area (Å²) in [4.78, 5) is 1.93. The van der Waals surface area contributed by atoms with Crippen molar-refractivity contribution in [3.8, 4) is 0 Å². The Labute approximate surface area is 126 Å². The smallest absolute Gasteiger partial charge is 0.396 e. The lowest BCUT2D eigenvalue weighted by molar-refractivity contribution is -0.138. The molecule has 22 heavy (non-hydrogen) atoms. The minimum Gasteiger partial charge on any atom is -0.396 e. The van der Waals surface area contributed by atoms with Crippen LogP contribution in [0.3, 0.4) is 0 Å². The molecule has 0 radical (unpaired) electrons. The molecule has 1 aliphatic heterocycles. The highest BCUT2D eigenvalue weighted by Gasteiger charge is 2.36. The van der Waals surface area contributed by atoms with Crippen LogP contribution in [0.25, 0.3) is 0 Å². The fourth-order valence-electron chi connectivity index (χ4n) is 2.88. The van der Waals surface area contributed by atoms with Crippen LogP contribution < -0.4 is 5.32 Å². The van der Waals surface area contributed by atoms with Gasteiger partial charge in [-0.3, -0.25) is 4.90 Å². The second-order valence-electron chi connectivity index (χ2n) is 5.40. The van der Waals surface area contributed by atoms with Crippen LogP contribution >= 0.6 is 0 Å². The molecule has 1 fully saturated rings. The molecule has 1 aliphatic rings. The molecule has 2 N–H and O–H groups in total. The SMILES string of the molecule is OCCC[C@@H](c1cc(F)ccc1C(F)(F)F)N1CCNCC1. The molecular formula is C15H20F4N2O. The molecule has 0 unspecified atom stereocenters. The largest absolute Gasteiger partial charge is 0.416 e. The molecule has 0 spiro atoms. The average Bonchev–Trinajstić information content (AvgIpc) is 2.47. The van der Waals surface area contributed by atoms with Crippen molar-refractivity contribution in [1.29, 1.82) is 0 Å². The van der Waals surface area contributed by atoms with Gasteiger partial charge in [-0.15, -0.1) is 0 Å². The third kappa shape index (κ3) is 4.18. The van der Waals surface area contributed by atoms with Crippen LogP contribution in [0.5, 0.6) is 0 Å². The minimum atomic E-state index is -4.52.